The lowest BCUT2D eigenvalue weighted by molar-refractivity contribution is 0.119. The van der Waals surface area contributed by atoms with Crippen molar-refractivity contribution in [1.82, 2.24) is 5.32 Å². The highest BCUT2D eigenvalue weighted by atomic mass is 16.5. The lowest BCUT2D eigenvalue weighted by Gasteiger charge is -2.39. The van der Waals surface area contributed by atoms with E-state index in [-0.39, 0.29) is 0 Å². The molecule has 2 rings (SSSR count). The molecule has 2 nitrogen and oxygen atoms in total. The lowest BCUT2D eigenvalue weighted by atomic mass is 9.69. The monoisotopic (exact) mass is 225 g/mol. The first-order chi connectivity index (χ1) is 7.52. The molecular formula is C14H27NO. The van der Waals surface area contributed by atoms with E-state index in [4.69, 9.17) is 4.74 Å². The van der Waals surface area contributed by atoms with E-state index in [0.29, 0.717) is 10.8 Å². The van der Waals surface area contributed by atoms with Crippen LogP contribution in [0.15, 0.2) is 0 Å². The predicted octanol–water partition coefficient (Wildman–Crippen LogP) is 2.83. The minimum atomic E-state index is 0.519. The number of hydrogen-bond acceptors (Lipinski definition) is 2. The summed E-state index contributed by atoms with van der Waals surface area (Å²) in [6.07, 6.45) is 5.37. The van der Waals surface area contributed by atoms with Gasteiger partial charge in [-0.3, -0.25) is 0 Å². The molecule has 2 aliphatic rings. The summed E-state index contributed by atoms with van der Waals surface area (Å²) < 4.78 is 5.09. The molecule has 0 aliphatic heterocycles. The van der Waals surface area contributed by atoms with Gasteiger partial charge in [0.1, 0.15) is 0 Å². The number of fused-ring (bicyclic) bond motifs is 2. The molecule has 2 bridgehead atoms. The van der Waals surface area contributed by atoms with Gasteiger partial charge in [-0.2, -0.15) is 0 Å². The van der Waals surface area contributed by atoms with Gasteiger partial charge >= 0.3 is 0 Å². The van der Waals surface area contributed by atoms with Crippen LogP contribution in [0.4, 0.5) is 0 Å². The SMILES string of the molecule is COCCCNC1C[C@@H]2CC[C@@]1(C)C2(C)C. The maximum atomic E-state index is 5.09. The van der Waals surface area contributed by atoms with E-state index in [1.54, 1.807) is 7.11 Å². The molecule has 1 N–H and O–H groups in total. The molecular weight excluding hydrogens is 198 g/mol. The summed E-state index contributed by atoms with van der Waals surface area (Å²) in [6, 6.07) is 0.734. The van der Waals surface area contributed by atoms with Crippen LogP contribution in [-0.4, -0.2) is 26.3 Å². The van der Waals surface area contributed by atoms with E-state index in [9.17, 15) is 0 Å². The van der Waals surface area contributed by atoms with Crippen molar-refractivity contribution < 1.29 is 4.74 Å². The number of methoxy groups -OCH3 is 1. The molecule has 0 amide bonds. The Morgan fingerprint density at radius 3 is 2.56 bits per heavy atom. The van der Waals surface area contributed by atoms with Gasteiger partial charge in [-0.05, 0) is 49.0 Å². The molecule has 2 aliphatic carbocycles. The van der Waals surface area contributed by atoms with Crippen LogP contribution in [0.3, 0.4) is 0 Å². The summed E-state index contributed by atoms with van der Waals surface area (Å²) >= 11 is 0. The predicted molar refractivity (Wildman–Crippen MR) is 67.5 cm³/mol. The van der Waals surface area contributed by atoms with Gasteiger partial charge in [0.2, 0.25) is 0 Å². The smallest absolute Gasteiger partial charge is 0.0474 e. The number of nitrogens with one attached hydrogen (secondary N) is 1. The molecule has 2 fully saturated rings. The average Bonchev–Trinajstić information content (AvgIpc) is 2.57. The lowest BCUT2D eigenvalue weighted by Crippen LogP contribution is -2.44. The first-order valence-corrected chi connectivity index (χ1v) is 6.74. The first-order valence-electron chi connectivity index (χ1n) is 6.74. The standard InChI is InChI=1S/C14H27NO/c1-13(2)11-6-7-14(13,3)12(10-11)15-8-5-9-16-4/h11-12,15H,5-10H2,1-4H3/t11-,12?,14+/m0/s1. The van der Waals surface area contributed by atoms with Crippen LogP contribution >= 0.6 is 0 Å². The fourth-order valence-electron chi connectivity index (χ4n) is 4.01. The van der Waals surface area contributed by atoms with Crippen molar-refractivity contribution in [2.24, 2.45) is 16.7 Å². The Labute approximate surface area is 100 Å². The second kappa shape index (κ2) is 4.30. The normalized spacial score (nSPS) is 40.5. The Balaban J connectivity index is 1.89. The molecule has 0 aromatic rings. The van der Waals surface area contributed by atoms with Crippen LogP contribution in [0.25, 0.3) is 0 Å². The van der Waals surface area contributed by atoms with E-state index in [2.05, 4.69) is 26.1 Å². The molecule has 0 aromatic carbocycles. The minimum absolute atomic E-state index is 0.519. The van der Waals surface area contributed by atoms with Crippen LogP contribution in [0.5, 0.6) is 0 Å². The summed E-state index contributed by atoms with van der Waals surface area (Å²) in [4.78, 5) is 0. The van der Waals surface area contributed by atoms with Gasteiger partial charge in [0.15, 0.2) is 0 Å². The molecule has 0 spiro atoms. The van der Waals surface area contributed by atoms with Gasteiger partial charge in [0, 0.05) is 19.8 Å². The molecule has 3 atom stereocenters. The summed E-state index contributed by atoms with van der Waals surface area (Å²) in [5.41, 5.74) is 1.05. The molecule has 16 heavy (non-hydrogen) atoms. The van der Waals surface area contributed by atoms with Gasteiger partial charge in [-0.25, -0.2) is 0 Å². The molecule has 2 saturated carbocycles. The van der Waals surface area contributed by atoms with E-state index >= 15 is 0 Å². The van der Waals surface area contributed by atoms with E-state index in [1.807, 2.05) is 0 Å². The molecule has 94 valence electrons. The highest BCUT2D eigenvalue weighted by Crippen LogP contribution is 2.65. The van der Waals surface area contributed by atoms with Crippen LogP contribution in [0.2, 0.25) is 0 Å². The zero-order chi connectivity index (χ0) is 11.8. The topological polar surface area (TPSA) is 21.3 Å². The van der Waals surface area contributed by atoms with Gasteiger partial charge in [-0.1, -0.05) is 20.8 Å². The number of ether oxygens (including phenoxy) is 1. The summed E-state index contributed by atoms with van der Waals surface area (Å²) in [7, 11) is 1.78. The van der Waals surface area contributed by atoms with E-state index in [0.717, 1.165) is 31.5 Å². The Hall–Kier alpha value is -0.0800. The van der Waals surface area contributed by atoms with Crippen LogP contribution in [0.1, 0.15) is 46.5 Å². The van der Waals surface area contributed by atoms with Gasteiger partial charge in [0.05, 0.1) is 0 Å². The van der Waals surface area contributed by atoms with Crippen molar-refractivity contribution in [3.05, 3.63) is 0 Å². The maximum Gasteiger partial charge on any atom is 0.0474 e. The quantitative estimate of drug-likeness (QED) is 0.726. The van der Waals surface area contributed by atoms with E-state index in [1.165, 1.54) is 19.3 Å². The molecule has 0 aromatic heterocycles. The Kier molecular flexibility index (Phi) is 3.33. The van der Waals surface area contributed by atoms with Crippen LogP contribution in [0, 0.1) is 16.7 Å². The molecule has 0 saturated heterocycles. The summed E-state index contributed by atoms with van der Waals surface area (Å²) in [5, 5.41) is 3.76. The molecule has 2 heteroatoms. The third-order valence-corrected chi connectivity index (χ3v) is 5.71. The summed E-state index contributed by atoms with van der Waals surface area (Å²) in [6.45, 7) is 9.43. The van der Waals surface area contributed by atoms with Crippen molar-refractivity contribution >= 4 is 0 Å². The maximum absolute atomic E-state index is 5.09. The summed E-state index contributed by atoms with van der Waals surface area (Å²) in [5.74, 6) is 0.942. The van der Waals surface area contributed by atoms with Crippen LogP contribution in [-0.2, 0) is 4.74 Å². The number of hydrogen-bond donors (Lipinski definition) is 1. The Morgan fingerprint density at radius 1 is 1.31 bits per heavy atom. The zero-order valence-corrected chi connectivity index (χ0v) is 11.3. The molecule has 0 radical (unpaired) electrons. The third-order valence-electron chi connectivity index (χ3n) is 5.71. The zero-order valence-electron chi connectivity index (χ0n) is 11.3. The average molecular weight is 225 g/mol. The molecule has 0 heterocycles. The van der Waals surface area contributed by atoms with E-state index < -0.39 is 0 Å². The van der Waals surface area contributed by atoms with Crippen molar-refractivity contribution in [2.45, 2.75) is 52.5 Å². The van der Waals surface area contributed by atoms with Gasteiger partial charge in [0.25, 0.3) is 0 Å². The van der Waals surface area contributed by atoms with Crippen molar-refractivity contribution in [3.8, 4) is 0 Å². The first kappa shape index (κ1) is 12.4. The van der Waals surface area contributed by atoms with Crippen molar-refractivity contribution in [1.29, 1.82) is 0 Å². The Morgan fingerprint density at radius 2 is 2.06 bits per heavy atom. The fourth-order valence-corrected chi connectivity index (χ4v) is 4.01. The second-order valence-corrected chi connectivity index (χ2v) is 6.46. The highest BCUT2D eigenvalue weighted by molar-refractivity contribution is 5.12. The highest BCUT2D eigenvalue weighted by Gasteiger charge is 2.60. The van der Waals surface area contributed by atoms with Gasteiger partial charge in [-0.15, -0.1) is 0 Å². The molecule has 1 unspecified atom stereocenters. The van der Waals surface area contributed by atoms with Gasteiger partial charge < -0.3 is 10.1 Å². The Bertz CT molecular complexity index is 251. The second-order valence-electron chi connectivity index (χ2n) is 6.46. The van der Waals surface area contributed by atoms with Crippen molar-refractivity contribution in [3.63, 3.8) is 0 Å². The fraction of sp³-hybridized carbons (Fsp3) is 1.00. The van der Waals surface area contributed by atoms with Crippen LogP contribution < -0.4 is 5.32 Å². The minimum Gasteiger partial charge on any atom is -0.385 e. The third kappa shape index (κ3) is 1.70. The van der Waals surface area contributed by atoms with Crippen molar-refractivity contribution in [2.75, 3.05) is 20.3 Å². The number of rotatable bonds is 5. The largest absolute Gasteiger partial charge is 0.385 e.